The molecule has 1 aromatic carbocycles. The second-order valence-corrected chi connectivity index (χ2v) is 3.55. The van der Waals surface area contributed by atoms with Gasteiger partial charge in [-0.05, 0) is 24.1 Å². The molecule has 0 aliphatic rings. The quantitative estimate of drug-likeness (QED) is 0.651. The van der Waals surface area contributed by atoms with Crippen molar-refractivity contribution >= 4 is 6.03 Å². The molecule has 1 rings (SSSR count). The van der Waals surface area contributed by atoms with Crippen LogP contribution in [-0.2, 0) is 6.54 Å². The highest BCUT2D eigenvalue weighted by molar-refractivity contribution is 5.71. The van der Waals surface area contributed by atoms with Gasteiger partial charge in [-0.15, -0.1) is 0 Å². The highest BCUT2D eigenvalue weighted by Crippen LogP contribution is 2.08. The molecule has 0 spiro atoms. The van der Waals surface area contributed by atoms with Gasteiger partial charge < -0.3 is 16.4 Å². The molecular formula is C11H16FN3O. The monoisotopic (exact) mass is 225 g/mol. The van der Waals surface area contributed by atoms with Crippen LogP contribution in [0.4, 0.5) is 9.18 Å². The Morgan fingerprint density at radius 3 is 2.81 bits per heavy atom. The number of benzene rings is 1. The minimum Gasteiger partial charge on any atom is -0.352 e. The third-order valence-corrected chi connectivity index (χ3v) is 2.15. The summed E-state index contributed by atoms with van der Waals surface area (Å²) in [6, 6.07) is 4.45. The summed E-state index contributed by atoms with van der Waals surface area (Å²) in [4.78, 5) is 10.4. The number of hydrogen-bond donors (Lipinski definition) is 3. The number of nitrogens with two attached hydrogens (primary N) is 1. The van der Waals surface area contributed by atoms with Gasteiger partial charge in [0.1, 0.15) is 5.82 Å². The van der Waals surface area contributed by atoms with Crippen LogP contribution in [-0.4, -0.2) is 19.1 Å². The molecule has 0 aliphatic heterocycles. The first kappa shape index (κ1) is 12.4. The predicted molar refractivity (Wildman–Crippen MR) is 60.4 cm³/mol. The number of aryl methyl sites for hydroxylation is 1. The van der Waals surface area contributed by atoms with Crippen LogP contribution in [0.15, 0.2) is 18.2 Å². The van der Waals surface area contributed by atoms with Crippen molar-refractivity contribution in [3.05, 3.63) is 35.1 Å². The van der Waals surface area contributed by atoms with Crippen LogP contribution in [0.1, 0.15) is 11.1 Å². The van der Waals surface area contributed by atoms with Crippen molar-refractivity contribution in [1.29, 1.82) is 0 Å². The van der Waals surface area contributed by atoms with Crippen LogP contribution in [0.25, 0.3) is 0 Å². The molecule has 0 atom stereocenters. The Kier molecular flexibility index (Phi) is 4.72. The Hall–Kier alpha value is -1.62. The van der Waals surface area contributed by atoms with Crippen molar-refractivity contribution in [2.24, 2.45) is 5.73 Å². The fraction of sp³-hybridized carbons (Fsp3) is 0.364. The van der Waals surface area contributed by atoms with E-state index in [2.05, 4.69) is 10.6 Å². The van der Waals surface area contributed by atoms with Crippen molar-refractivity contribution in [2.45, 2.75) is 13.5 Å². The molecular weight excluding hydrogens is 209 g/mol. The van der Waals surface area contributed by atoms with E-state index in [9.17, 15) is 9.18 Å². The number of carbonyl (C=O) groups is 1. The molecule has 88 valence electrons. The van der Waals surface area contributed by atoms with Crippen LogP contribution >= 0.6 is 0 Å². The smallest absolute Gasteiger partial charge is 0.312 e. The minimum absolute atomic E-state index is 0.195. The summed E-state index contributed by atoms with van der Waals surface area (Å²) in [5.41, 5.74) is 6.55. The number of rotatable bonds is 5. The van der Waals surface area contributed by atoms with E-state index in [0.29, 0.717) is 25.2 Å². The maximum absolute atomic E-state index is 12.9. The van der Waals surface area contributed by atoms with E-state index in [1.54, 1.807) is 19.1 Å². The maximum Gasteiger partial charge on any atom is 0.312 e. The molecule has 5 heteroatoms. The third-order valence-electron chi connectivity index (χ3n) is 2.15. The highest BCUT2D eigenvalue weighted by Gasteiger charge is 1.98. The molecule has 0 unspecified atom stereocenters. The number of amides is 2. The first-order chi connectivity index (χ1) is 7.59. The van der Waals surface area contributed by atoms with E-state index in [1.165, 1.54) is 6.07 Å². The van der Waals surface area contributed by atoms with Crippen molar-refractivity contribution in [3.8, 4) is 0 Å². The molecule has 16 heavy (non-hydrogen) atoms. The molecule has 1 aromatic rings. The first-order valence-electron chi connectivity index (χ1n) is 5.08. The molecule has 0 aliphatic carbocycles. The SMILES string of the molecule is Cc1cc(CNCCNC(N)=O)ccc1F. The van der Waals surface area contributed by atoms with E-state index in [1.807, 2.05) is 0 Å². The molecule has 2 amide bonds. The summed E-state index contributed by atoms with van der Waals surface area (Å²) in [5, 5.41) is 5.58. The van der Waals surface area contributed by atoms with Gasteiger partial charge in [0.15, 0.2) is 0 Å². The highest BCUT2D eigenvalue weighted by atomic mass is 19.1. The lowest BCUT2D eigenvalue weighted by atomic mass is 10.1. The van der Waals surface area contributed by atoms with Gasteiger partial charge in [-0.1, -0.05) is 12.1 Å². The molecule has 0 saturated carbocycles. The number of nitrogens with one attached hydrogen (secondary N) is 2. The summed E-state index contributed by atoms with van der Waals surface area (Å²) in [6.45, 7) is 3.48. The Morgan fingerprint density at radius 1 is 1.44 bits per heavy atom. The van der Waals surface area contributed by atoms with E-state index < -0.39 is 6.03 Å². The summed E-state index contributed by atoms with van der Waals surface area (Å²) in [6.07, 6.45) is 0. The van der Waals surface area contributed by atoms with Crippen LogP contribution in [0.3, 0.4) is 0 Å². The van der Waals surface area contributed by atoms with Crippen LogP contribution < -0.4 is 16.4 Å². The van der Waals surface area contributed by atoms with Gasteiger partial charge in [0.05, 0.1) is 0 Å². The lowest BCUT2D eigenvalue weighted by molar-refractivity contribution is 0.249. The lowest BCUT2D eigenvalue weighted by Gasteiger charge is -2.06. The molecule has 0 aromatic heterocycles. The zero-order chi connectivity index (χ0) is 12.0. The first-order valence-corrected chi connectivity index (χ1v) is 5.08. The second kappa shape index (κ2) is 6.07. The van der Waals surface area contributed by atoms with Crippen molar-refractivity contribution in [2.75, 3.05) is 13.1 Å². The number of urea groups is 1. The fourth-order valence-corrected chi connectivity index (χ4v) is 1.32. The Bertz CT molecular complexity index is 368. The zero-order valence-electron chi connectivity index (χ0n) is 9.22. The second-order valence-electron chi connectivity index (χ2n) is 3.55. The Balaban J connectivity index is 2.27. The molecule has 4 N–H and O–H groups in total. The Morgan fingerprint density at radius 2 is 2.19 bits per heavy atom. The van der Waals surface area contributed by atoms with Crippen LogP contribution in [0, 0.1) is 12.7 Å². The largest absolute Gasteiger partial charge is 0.352 e. The van der Waals surface area contributed by atoms with Gasteiger partial charge >= 0.3 is 6.03 Å². The van der Waals surface area contributed by atoms with Gasteiger partial charge in [-0.2, -0.15) is 0 Å². The van der Waals surface area contributed by atoms with Crippen molar-refractivity contribution in [1.82, 2.24) is 10.6 Å². The topological polar surface area (TPSA) is 67.2 Å². The van der Waals surface area contributed by atoms with E-state index in [-0.39, 0.29) is 5.82 Å². The van der Waals surface area contributed by atoms with Crippen molar-refractivity contribution in [3.63, 3.8) is 0 Å². The summed E-state index contributed by atoms with van der Waals surface area (Å²) in [7, 11) is 0. The van der Waals surface area contributed by atoms with Gasteiger partial charge in [0.2, 0.25) is 0 Å². The van der Waals surface area contributed by atoms with Crippen LogP contribution in [0.5, 0.6) is 0 Å². The summed E-state index contributed by atoms with van der Waals surface area (Å²) >= 11 is 0. The standard InChI is InChI=1S/C11H16FN3O/c1-8-6-9(2-3-10(8)12)7-14-4-5-15-11(13)16/h2-3,6,14H,4-5,7H2,1H3,(H3,13,15,16). The normalized spacial score (nSPS) is 10.1. The summed E-state index contributed by atoms with van der Waals surface area (Å²) in [5.74, 6) is -0.195. The van der Waals surface area contributed by atoms with Crippen LogP contribution in [0.2, 0.25) is 0 Å². The molecule has 0 fully saturated rings. The third kappa shape index (κ3) is 4.27. The minimum atomic E-state index is -0.528. The van der Waals surface area contributed by atoms with Crippen molar-refractivity contribution < 1.29 is 9.18 Å². The molecule has 4 nitrogen and oxygen atoms in total. The van der Waals surface area contributed by atoms with Gasteiger partial charge in [0, 0.05) is 19.6 Å². The predicted octanol–water partition coefficient (Wildman–Crippen LogP) is 0.892. The van der Waals surface area contributed by atoms with Gasteiger partial charge in [-0.3, -0.25) is 0 Å². The number of hydrogen-bond acceptors (Lipinski definition) is 2. The van der Waals surface area contributed by atoms with E-state index in [4.69, 9.17) is 5.73 Å². The lowest BCUT2D eigenvalue weighted by Crippen LogP contribution is -2.35. The zero-order valence-corrected chi connectivity index (χ0v) is 9.22. The fourth-order valence-electron chi connectivity index (χ4n) is 1.32. The number of carbonyl (C=O) groups excluding carboxylic acids is 1. The molecule has 0 radical (unpaired) electrons. The average molecular weight is 225 g/mol. The molecule has 0 saturated heterocycles. The average Bonchev–Trinajstić information content (AvgIpc) is 2.22. The van der Waals surface area contributed by atoms with E-state index >= 15 is 0 Å². The van der Waals surface area contributed by atoms with Gasteiger partial charge in [0.25, 0.3) is 0 Å². The number of primary amides is 1. The maximum atomic E-state index is 12.9. The van der Waals surface area contributed by atoms with Gasteiger partial charge in [-0.25, -0.2) is 9.18 Å². The molecule has 0 heterocycles. The number of halogens is 1. The Labute approximate surface area is 94.0 Å². The van der Waals surface area contributed by atoms with E-state index in [0.717, 1.165) is 5.56 Å². The molecule has 0 bridgehead atoms. The summed E-state index contributed by atoms with van der Waals surface area (Å²) < 4.78 is 12.9.